The summed E-state index contributed by atoms with van der Waals surface area (Å²) in [4.78, 5) is 0. The number of hydrogen-bond donors (Lipinski definition) is 1. The molecule has 1 saturated carbocycles. The molecule has 0 spiro atoms. The highest BCUT2D eigenvalue weighted by atomic mass is 14.9. The number of rotatable bonds is 7. The maximum Gasteiger partial charge on any atom is 0.00682 e. The molecule has 1 fully saturated rings. The fraction of sp³-hybridized carbons (Fsp3) is 0.647. The van der Waals surface area contributed by atoms with E-state index in [1.54, 1.807) is 0 Å². The molecule has 1 nitrogen and oxygen atoms in total. The van der Waals surface area contributed by atoms with Crippen LogP contribution in [0.4, 0.5) is 0 Å². The Labute approximate surface area is 112 Å². The van der Waals surface area contributed by atoms with Crippen molar-refractivity contribution in [3.05, 3.63) is 34.9 Å². The molecule has 1 aliphatic rings. The molecule has 0 aliphatic heterocycles. The highest BCUT2D eigenvalue weighted by Gasteiger charge is 2.19. The Kier molecular flexibility index (Phi) is 4.82. The van der Waals surface area contributed by atoms with E-state index in [1.807, 2.05) is 0 Å². The summed E-state index contributed by atoms with van der Waals surface area (Å²) >= 11 is 0. The maximum absolute atomic E-state index is 3.60. The molecule has 100 valence electrons. The van der Waals surface area contributed by atoms with E-state index in [4.69, 9.17) is 0 Å². The van der Waals surface area contributed by atoms with Crippen LogP contribution < -0.4 is 5.32 Å². The van der Waals surface area contributed by atoms with Gasteiger partial charge < -0.3 is 5.32 Å². The zero-order chi connectivity index (χ0) is 13.0. The van der Waals surface area contributed by atoms with Crippen molar-refractivity contribution in [1.29, 1.82) is 0 Å². The fourth-order valence-electron chi connectivity index (χ4n) is 2.49. The van der Waals surface area contributed by atoms with Crippen molar-refractivity contribution in [3.63, 3.8) is 0 Å². The van der Waals surface area contributed by atoms with Crippen LogP contribution in [0.25, 0.3) is 0 Å². The van der Waals surface area contributed by atoms with Gasteiger partial charge in [-0.05, 0) is 69.5 Å². The Morgan fingerprint density at radius 1 is 1.22 bits per heavy atom. The summed E-state index contributed by atoms with van der Waals surface area (Å²) in [6.07, 6.45) is 6.67. The molecule has 1 atom stereocenters. The standard InChI is InChI=1S/C17H27N/c1-13(10-11-18-17-8-9-17)4-6-16-7-5-14(2)12-15(16)3/h5,7,12-13,17-18H,4,6,8-11H2,1-3H3. The van der Waals surface area contributed by atoms with Crippen molar-refractivity contribution in [3.8, 4) is 0 Å². The molecule has 1 aromatic rings. The Morgan fingerprint density at radius 2 is 2.00 bits per heavy atom. The Morgan fingerprint density at radius 3 is 2.67 bits per heavy atom. The number of hydrogen-bond acceptors (Lipinski definition) is 1. The molecule has 18 heavy (non-hydrogen) atoms. The van der Waals surface area contributed by atoms with Gasteiger partial charge in [-0.3, -0.25) is 0 Å². The summed E-state index contributed by atoms with van der Waals surface area (Å²) in [5.41, 5.74) is 4.36. The first-order valence-electron chi connectivity index (χ1n) is 7.44. The summed E-state index contributed by atoms with van der Waals surface area (Å²) < 4.78 is 0. The lowest BCUT2D eigenvalue weighted by Crippen LogP contribution is -2.19. The van der Waals surface area contributed by atoms with Gasteiger partial charge in [0, 0.05) is 6.04 Å². The van der Waals surface area contributed by atoms with E-state index >= 15 is 0 Å². The quantitative estimate of drug-likeness (QED) is 0.765. The Balaban J connectivity index is 1.68. The highest BCUT2D eigenvalue weighted by molar-refractivity contribution is 5.30. The molecule has 0 amide bonds. The lowest BCUT2D eigenvalue weighted by atomic mass is 9.95. The monoisotopic (exact) mass is 245 g/mol. The minimum absolute atomic E-state index is 0.831. The Bertz CT molecular complexity index is 379. The van der Waals surface area contributed by atoms with Crippen LogP contribution >= 0.6 is 0 Å². The first-order chi connectivity index (χ1) is 8.65. The lowest BCUT2D eigenvalue weighted by molar-refractivity contribution is 0.469. The predicted octanol–water partition coefficient (Wildman–Crippen LogP) is 4.01. The second kappa shape index (κ2) is 6.38. The zero-order valence-electron chi connectivity index (χ0n) is 12.1. The molecule has 0 aromatic heterocycles. The summed E-state index contributed by atoms with van der Waals surface area (Å²) in [6, 6.07) is 7.70. The normalized spacial score (nSPS) is 16.8. The molecule has 2 rings (SSSR count). The Hall–Kier alpha value is -0.820. The highest BCUT2D eigenvalue weighted by Crippen LogP contribution is 2.20. The molecule has 1 aliphatic carbocycles. The van der Waals surface area contributed by atoms with Gasteiger partial charge in [0.15, 0.2) is 0 Å². The topological polar surface area (TPSA) is 12.0 Å². The van der Waals surface area contributed by atoms with Gasteiger partial charge in [-0.1, -0.05) is 30.7 Å². The predicted molar refractivity (Wildman–Crippen MR) is 79.0 cm³/mol. The van der Waals surface area contributed by atoms with Crippen LogP contribution in [0.15, 0.2) is 18.2 Å². The van der Waals surface area contributed by atoms with E-state index < -0.39 is 0 Å². The second-order valence-corrected chi connectivity index (χ2v) is 6.09. The summed E-state index contributed by atoms with van der Waals surface area (Å²) in [5.74, 6) is 0.831. The molecule has 0 bridgehead atoms. The molecule has 0 radical (unpaired) electrons. The molecule has 0 heterocycles. The number of benzene rings is 1. The van der Waals surface area contributed by atoms with Crippen LogP contribution in [0, 0.1) is 19.8 Å². The molecular weight excluding hydrogens is 218 g/mol. The molecule has 1 aromatic carbocycles. The van der Waals surface area contributed by atoms with Gasteiger partial charge in [-0.15, -0.1) is 0 Å². The van der Waals surface area contributed by atoms with E-state index in [1.165, 1.54) is 55.3 Å². The van der Waals surface area contributed by atoms with Crippen LogP contribution in [0.1, 0.15) is 49.3 Å². The van der Waals surface area contributed by atoms with Crippen LogP contribution in [0.3, 0.4) is 0 Å². The smallest absolute Gasteiger partial charge is 0.00682 e. The van der Waals surface area contributed by atoms with Crippen LogP contribution in [-0.4, -0.2) is 12.6 Å². The fourth-order valence-corrected chi connectivity index (χ4v) is 2.49. The zero-order valence-corrected chi connectivity index (χ0v) is 12.1. The van der Waals surface area contributed by atoms with Gasteiger partial charge in [-0.2, -0.15) is 0 Å². The van der Waals surface area contributed by atoms with Gasteiger partial charge in [0.25, 0.3) is 0 Å². The van der Waals surface area contributed by atoms with E-state index in [-0.39, 0.29) is 0 Å². The molecular formula is C17H27N. The molecule has 1 unspecified atom stereocenters. The third-order valence-electron chi connectivity index (χ3n) is 4.05. The van der Waals surface area contributed by atoms with Crippen molar-refractivity contribution >= 4 is 0 Å². The third-order valence-corrected chi connectivity index (χ3v) is 4.05. The SMILES string of the molecule is Cc1ccc(CCC(C)CCNC2CC2)c(C)c1. The van der Waals surface area contributed by atoms with E-state index in [0.717, 1.165) is 12.0 Å². The lowest BCUT2D eigenvalue weighted by Gasteiger charge is -2.13. The first-order valence-corrected chi connectivity index (χ1v) is 7.44. The summed E-state index contributed by atoms with van der Waals surface area (Å²) in [6.45, 7) is 8.00. The van der Waals surface area contributed by atoms with E-state index in [9.17, 15) is 0 Å². The minimum Gasteiger partial charge on any atom is -0.314 e. The van der Waals surface area contributed by atoms with Crippen LogP contribution in [0.2, 0.25) is 0 Å². The van der Waals surface area contributed by atoms with Crippen molar-refractivity contribution in [2.24, 2.45) is 5.92 Å². The van der Waals surface area contributed by atoms with Gasteiger partial charge in [-0.25, -0.2) is 0 Å². The van der Waals surface area contributed by atoms with Gasteiger partial charge >= 0.3 is 0 Å². The van der Waals surface area contributed by atoms with Gasteiger partial charge in [0.2, 0.25) is 0 Å². The summed E-state index contributed by atoms with van der Waals surface area (Å²) in [7, 11) is 0. The third kappa shape index (κ3) is 4.45. The number of aryl methyl sites for hydroxylation is 3. The average Bonchev–Trinajstić information content (AvgIpc) is 3.12. The maximum atomic E-state index is 3.60. The molecule has 1 N–H and O–H groups in total. The van der Waals surface area contributed by atoms with Crippen molar-refractivity contribution in [2.45, 2.75) is 58.9 Å². The molecule has 0 saturated heterocycles. The van der Waals surface area contributed by atoms with Crippen molar-refractivity contribution in [1.82, 2.24) is 5.32 Å². The van der Waals surface area contributed by atoms with Crippen LogP contribution in [-0.2, 0) is 6.42 Å². The molecule has 1 heteroatoms. The first kappa shape index (κ1) is 13.6. The largest absolute Gasteiger partial charge is 0.314 e. The van der Waals surface area contributed by atoms with Crippen LogP contribution in [0.5, 0.6) is 0 Å². The average molecular weight is 245 g/mol. The van der Waals surface area contributed by atoms with Gasteiger partial charge in [0.1, 0.15) is 0 Å². The number of nitrogens with one attached hydrogen (secondary N) is 1. The van der Waals surface area contributed by atoms with Gasteiger partial charge in [0.05, 0.1) is 0 Å². The summed E-state index contributed by atoms with van der Waals surface area (Å²) in [5, 5.41) is 3.60. The van der Waals surface area contributed by atoms with Crippen molar-refractivity contribution < 1.29 is 0 Å². The van der Waals surface area contributed by atoms with E-state index in [0.29, 0.717) is 0 Å². The van der Waals surface area contributed by atoms with E-state index in [2.05, 4.69) is 44.3 Å². The second-order valence-electron chi connectivity index (χ2n) is 6.09. The minimum atomic E-state index is 0.831. The van der Waals surface area contributed by atoms with Crippen molar-refractivity contribution in [2.75, 3.05) is 6.54 Å².